The van der Waals surface area contributed by atoms with Crippen LogP contribution in [0.5, 0.6) is 0 Å². The Morgan fingerprint density at radius 3 is 1.86 bits per heavy atom. The van der Waals surface area contributed by atoms with Crippen molar-refractivity contribution in [1.29, 1.82) is 0 Å². The van der Waals surface area contributed by atoms with Crippen LogP contribution < -0.4 is 5.32 Å². The van der Waals surface area contributed by atoms with E-state index in [4.69, 9.17) is 4.79 Å². The molecule has 0 aliphatic rings. The van der Waals surface area contributed by atoms with Crippen molar-refractivity contribution in [2.45, 2.75) is 6.30 Å². The predicted octanol–water partition coefficient (Wildman–Crippen LogP) is 0.163. The summed E-state index contributed by atoms with van der Waals surface area (Å²) < 4.78 is 32.0. The number of nitrogens with one attached hydrogen (secondary N) is 1. The minimum Gasteiger partial charge on any atom is -0.263 e. The Hall–Kier alpha value is -0.740. The molecule has 0 fully saturated rings. The van der Waals surface area contributed by atoms with Crippen LogP contribution in [0.15, 0.2) is 0 Å². The summed E-state index contributed by atoms with van der Waals surface area (Å²) in [5.74, 6) is 0. The summed E-state index contributed by atoms with van der Waals surface area (Å²) in [5.41, 5.74) is 0. The van der Waals surface area contributed by atoms with E-state index in [1.165, 1.54) is 0 Å². The lowest BCUT2D eigenvalue weighted by Crippen LogP contribution is -2.29. The third-order valence-corrected chi connectivity index (χ3v) is 0.193. The van der Waals surface area contributed by atoms with E-state index in [9.17, 15) is 13.2 Å². The van der Waals surface area contributed by atoms with E-state index >= 15 is 0 Å². The van der Waals surface area contributed by atoms with E-state index in [1.807, 2.05) is 0 Å². The average molecular weight is 112 g/mol. The standard InChI is InChI=1S/C2HF3NO/c3-2(4,5)6-1-7/h(H,6,7). The molecule has 0 aliphatic carbocycles. The summed E-state index contributed by atoms with van der Waals surface area (Å²) in [6.45, 7) is 0. The van der Waals surface area contributed by atoms with Crippen LogP contribution >= 0.6 is 0 Å². The second-order valence-electron chi connectivity index (χ2n) is 0.725. The van der Waals surface area contributed by atoms with Crippen LogP contribution in [-0.4, -0.2) is 12.7 Å². The molecule has 0 aromatic rings. The molecular formula is C2HF3NO. The van der Waals surface area contributed by atoms with Gasteiger partial charge in [0.05, 0.1) is 0 Å². The van der Waals surface area contributed by atoms with E-state index in [-0.39, 0.29) is 0 Å². The van der Waals surface area contributed by atoms with Gasteiger partial charge < -0.3 is 0 Å². The first-order chi connectivity index (χ1) is 3.06. The molecule has 0 aliphatic heterocycles. The first-order valence-corrected chi connectivity index (χ1v) is 1.27. The van der Waals surface area contributed by atoms with Gasteiger partial charge in [-0.1, -0.05) is 0 Å². The molecule has 5 heteroatoms. The fraction of sp³-hybridized carbons (Fsp3) is 0.500. The zero-order valence-corrected chi connectivity index (χ0v) is 3.04. The van der Waals surface area contributed by atoms with Gasteiger partial charge in [-0.05, 0) is 0 Å². The van der Waals surface area contributed by atoms with Crippen molar-refractivity contribution in [3.05, 3.63) is 0 Å². The van der Waals surface area contributed by atoms with Gasteiger partial charge in [0.2, 0.25) is 0 Å². The Labute approximate surface area is 37.3 Å². The molecule has 0 saturated carbocycles. The molecular weight excluding hydrogens is 111 g/mol. The van der Waals surface area contributed by atoms with E-state index in [0.29, 0.717) is 11.7 Å². The molecule has 1 radical (unpaired) electrons. The molecule has 0 bridgehead atoms. The fourth-order valence-corrected chi connectivity index (χ4v) is 0.0579. The summed E-state index contributed by atoms with van der Waals surface area (Å²) >= 11 is 0. The maximum Gasteiger partial charge on any atom is 0.484 e. The zero-order valence-electron chi connectivity index (χ0n) is 3.04. The molecule has 2 nitrogen and oxygen atoms in total. The molecule has 0 saturated heterocycles. The van der Waals surface area contributed by atoms with E-state index in [2.05, 4.69) is 0 Å². The third-order valence-electron chi connectivity index (χ3n) is 0.193. The number of carbonyl (C=O) groups excluding carboxylic acids is 1. The minimum absolute atomic E-state index is 0.479. The quantitative estimate of drug-likeness (QED) is 0.380. The van der Waals surface area contributed by atoms with Crippen LogP contribution in [0.25, 0.3) is 0 Å². The van der Waals surface area contributed by atoms with Crippen molar-refractivity contribution in [2.24, 2.45) is 0 Å². The lowest BCUT2D eigenvalue weighted by Gasteiger charge is -1.98. The summed E-state index contributed by atoms with van der Waals surface area (Å²) in [5, 5.41) is 0.479. The normalized spacial score (nSPS) is 10.7. The molecule has 0 rings (SSSR count). The van der Waals surface area contributed by atoms with E-state index in [0.717, 1.165) is 0 Å². The molecule has 41 valence electrons. The lowest BCUT2D eigenvalue weighted by atomic mass is 11.1. The highest BCUT2D eigenvalue weighted by Crippen LogP contribution is 2.06. The van der Waals surface area contributed by atoms with Gasteiger partial charge in [0.25, 0.3) is 0 Å². The van der Waals surface area contributed by atoms with Crippen molar-refractivity contribution in [1.82, 2.24) is 5.32 Å². The van der Waals surface area contributed by atoms with Gasteiger partial charge in [-0.15, -0.1) is 0 Å². The second-order valence-corrected chi connectivity index (χ2v) is 0.725. The fourth-order valence-electron chi connectivity index (χ4n) is 0.0579. The maximum absolute atomic E-state index is 10.7. The topological polar surface area (TPSA) is 29.1 Å². The van der Waals surface area contributed by atoms with Crippen LogP contribution in [0.3, 0.4) is 0 Å². The Bertz CT molecular complexity index is 67.8. The minimum atomic E-state index is -4.62. The molecule has 0 aromatic carbocycles. The van der Waals surface area contributed by atoms with Gasteiger partial charge in [0.1, 0.15) is 0 Å². The Balaban J connectivity index is 3.34. The number of alkyl halides is 3. The molecule has 0 unspecified atom stereocenters. The third kappa shape index (κ3) is 5.26. The first kappa shape index (κ1) is 6.26. The van der Waals surface area contributed by atoms with Crippen LogP contribution in [0.4, 0.5) is 13.2 Å². The van der Waals surface area contributed by atoms with Crippen molar-refractivity contribution < 1.29 is 18.0 Å². The van der Waals surface area contributed by atoms with Crippen molar-refractivity contribution >= 4 is 6.41 Å². The predicted molar refractivity (Wildman–Crippen MR) is 14.9 cm³/mol. The number of amides is 1. The molecule has 0 aromatic heterocycles. The van der Waals surface area contributed by atoms with Crippen molar-refractivity contribution in [3.8, 4) is 0 Å². The molecule has 7 heavy (non-hydrogen) atoms. The van der Waals surface area contributed by atoms with Crippen LogP contribution in [0, 0.1) is 0 Å². The number of rotatable bonds is 1. The Morgan fingerprint density at radius 1 is 1.43 bits per heavy atom. The summed E-state index contributed by atoms with van der Waals surface area (Å²) in [6, 6.07) is 0. The molecule has 1 N–H and O–H groups in total. The van der Waals surface area contributed by atoms with Gasteiger partial charge in [-0.2, -0.15) is 13.2 Å². The van der Waals surface area contributed by atoms with Crippen molar-refractivity contribution in [2.75, 3.05) is 0 Å². The lowest BCUT2D eigenvalue weighted by molar-refractivity contribution is -0.141. The van der Waals surface area contributed by atoms with Gasteiger partial charge in [0.15, 0.2) is 0 Å². The first-order valence-electron chi connectivity index (χ1n) is 1.27. The molecule has 1 amide bonds. The van der Waals surface area contributed by atoms with Gasteiger partial charge >= 0.3 is 12.7 Å². The summed E-state index contributed by atoms with van der Waals surface area (Å²) in [4.78, 5) is 8.86. The SMILES string of the molecule is O=[C]NC(F)(F)F. The van der Waals surface area contributed by atoms with E-state index in [1.54, 1.807) is 0 Å². The zero-order chi connectivity index (χ0) is 5.91. The summed E-state index contributed by atoms with van der Waals surface area (Å²) in [6.07, 6.45) is -4.14. The van der Waals surface area contributed by atoms with Crippen LogP contribution in [0.1, 0.15) is 0 Å². The van der Waals surface area contributed by atoms with Crippen LogP contribution in [-0.2, 0) is 4.79 Å². The monoisotopic (exact) mass is 112 g/mol. The van der Waals surface area contributed by atoms with Crippen LogP contribution in [0.2, 0.25) is 0 Å². The average Bonchev–Trinajstić information content (AvgIpc) is 1.30. The highest BCUT2D eigenvalue weighted by atomic mass is 19.4. The Morgan fingerprint density at radius 2 is 1.86 bits per heavy atom. The van der Waals surface area contributed by atoms with E-state index < -0.39 is 6.30 Å². The number of hydrogen-bond acceptors (Lipinski definition) is 1. The van der Waals surface area contributed by atoms with Gasteiger partial charge in [-0.3, -0.25) is 10.1 Å². The number of hydrogen-bond donors (Lipinski definition) is 1. The second kappa shape index (κ2) is 1.81. The Kier molecular flexibility index (Phi) is 1.62. The summed E-state index contributed by atoms with van der Waals surface area (Å²) in [7, 11) is 0. The van der Waals surface area contributed by atoms with Gasteiger partial charge in [0, 0.05) is 0 Å². The molecule has 0 heterocycles. The largest absolute Gasteiger partial charge is 0.484 e. The van der Waals surface area contributed by atoms with Crippen molar-refractivity contribution in [3.63, 3.8) is 0 Å². The smallest absolute Gasteiger partial charge is 0.263 e. The highest BCUT2D eigenvalue weighted by Gasteiger charge is 2.25. The van der Waals surface area contributed by atoms with Gasteiger partial charge in [-0.25, -0.2) is 0 Å². The molecule has 0 spiro atoms. The highest BCUT2D eigenvalue weighted by molar-refractivity contribution is 5.47. The molecule has 0 atom stereocenters. The number of halogens is 3. The maximum atomic E-state index is 10.7.